The normalized spacial score (nSPS) is 11.9. The third-order valence-electron chi connectivity index (χ3n) is 4.92. The van der Waals surface area contributed by atoms with Gasteiger partial charge in [-0.1, -0.05) is 24.3 Å². The molecule has 0 fully saturated rings. The van der Waals surface area contributed by atoms with E-state index in [1.165, 1.54) is 35.2 Å². The molecule has 2 amide bonds. The van der Waals surface area contributed by atoms with Crippen molar-refractivity contribution in [3.05, 3.63) is 89.7 Å². The lowest BCUT2D eigenvalue weighted by molar-refractivity contribution is -0.136. The summed E-state index contributed by atoms with van der Waals surface area (Å²) < 4.78 is 83.0. The van der Waals surface area contributed by atoms with E-state index in [9.17, 15) is 30.8 Å². The molecule has 0 aliphatic carbocycles. The molecule has 0 heterocycles. The molecule has 0 aromatic heterocycles. The second kappa shape index (κ2) is 10.3. The van der Waals surface area contributed by atoms with Gasteiger partial charge in [-0.25, -0.2) is 9.18 Å². The first kappa shape index (κ1) is 26.0. The van der Waals surface area contributed by atoms with Gasteiger partial charge in [0.25, 0.3) is 0 Å². The van der Waals surface area contributed by atoms with Crippen molar-refractivity contribution in [1.82, 2.24) is 4.90 Å². The third kappa shape index (κ3) is 6.72. The third-order valence-corrected chi connectivity index (χ3v) is 6.18. The van der Waals surface area contributed by atoms with Crippen LogP contribution in [0.2, 0.25) is 0 Å². The first-order valence-corrected chi connectivity index (χ1v) is 11.8. The van der Waals surface area contributed by atoms with E-state index in [0.29, 0.717) is 5.56 Å². The summed E-state index contributed by atoms with van der Waals surface area (Å²) in [4.78, 5) is 13.9. The summed E-state index contributed by atoms with van der Waals surface area (Å²) in [7, 11) is -4.23. The number of hydrogen-bond donors (Lipinski definition) is 1. The van der Waals surface area contributed by atoms with E-state index in [1.807, 2.05) is 0 Å². The largest absolute Gasteiger partial charge is 0.418 e. The smallest absolute Gasteiger partial charge is 0.379 e. The molecule has 3 rings (SSSR count). The van der Waals surface area contributed by atoms with Gasteiger partial charge in [0.15, 0.2) is 0 Å². The van der Waals surface area contributed by atoms with Gasteiger partial charge in [-0.15, -0.1) is 0 Å². The topological polar surface area (TPSA) is 75.7 Å². The van der Waals surface area contributed by atoms with Gasteiger partial charge in [0.1, 0.15) is 16.5 Å². The highest BCUT2D eigenvalue weighted by atomic mass is 32.2. The van der Waals surface area contributed by atoms with Gasteiger partial charge < -0.3 is 14.4 Å². The van der Waals surface area contributed by atoms with Crippen molar-refractivity contribution in [3.8, 4) is 5.75 Å². The van der Waals surface area contributed by atoms with E-state index >= 15 is 0 Å². The standard InChI is InChI=1S/C24H22F4N2O4S/c1-16(2)30(23(31)29-22-9-4-3-8-21(22)24(26,27)28)15-17-6-5-7-19(14-17)34-35(32,33)20-12-10-18(25)11-13-20/h3-14,16H,15H2,1-2H3,(H,29,31). The summed E-state index contributed by atoms with van der Waals surface area (Å²) in [6, 6.07) is 13.5. The van der Waals surface area contributed by atoms with E-state index in [4.69, 9.17) is 4.18 Å². The van der Waals surface area contributed by atoms with E-state index in [-0.39, 0.29) is 22.9 Å². The molecule has 0 radical (unpaired) electrons. The Morgan fingerprint density at radius 1 is 1.00 bits per heavy atom. The Balaban J connectivity index is 1.79. The molecular formula is C24H22F4N2O4S. The Bertz CT molecular complexity index is 1290. The second-order valence-electron chi connectivity index (χ2n) is 7.83. The number of rotatable bonds is 7. The van der Waals surface area contributed by atoms with Crippen LogP contribution in [0.4, 0.5) is 28.0 Å². The monoisotopic (exact) mass is 510 g/mol. The average molecular weight is 511 g/mol. The molecule has 0 aliphatic heterocycles. The molecule has 0 bridgehead atoms. The number of alkyl halides is 3. The van der Waals surface area contributed by atoms with E-state index < -0.39 is 39.7 Å². The lowest BCUT2D eigenvalue weighted by Gasteiger charge is -2.28. The zero-order valence-corrected chi connectivity index (χ0v) is 19.5. The Morgan fingerprint density at radius 2 is 1.66 bits per heavy atom. The molecule has 11 heteroatoms. The molecule has 6 nitrogen and oxygen atoms in total. The SMILES string of the molecule is CC(C)N(Cc1cccc(OS(=O)(=O)c2ccc(F)cc2)c1)C(=O)Nc1ccccc1C(F)(F)F. The molecule has 0 atom stereocenters. The predicted molar refractivity (Wildman–Crippen MR) is 122 cm³/mol. The van der Waals surface area contributed by atoms with Crippen molar-refractivity contribution in [2.45, 2.75) is 37.5 Å². The highest BCUT2D eigenvalue weighted by molar-refractivity contribution is 7.87. The van der Waals surface area contributed by atoms with Crippen LogP contribution >= 0.6 is 0 Å². The first-order valence-electron chi connectivity index (χ1n) is 10.4. The lowest BCUT2D eigenvalue weighted by Crippen LogP contribution is -2.39. The molecule has 186 valence electrons. The van der Waals surface area contributed by atoms with Crippen molar-refractivity contribution in [2.24, 2.45) is 0 Å². The zero-order valence-electron chi connectivity index (χ0n) is 18.7. The Labute approximate surface area is 200 Å². The quantitative estimate of drug-likeness (QED) is 0.310. The van der Waals surface area contributed by atoms with Crippen LogP contribution < -0.4 is 9.50 Å². The number of carbonyl (C=O) groups is 1. The molecule has 0 spiro atoms. The molecule has 3 aromatic rings. The number of halogens is 4. The summed E-state index contributed by atoms with van der Waals surface area (Å²) in [5, 5.41) is 2.31. The van der Waals surface area contributed by atoms with Crippen LogP contribution in [0.15, 0.2) is 77.7 Å². The number of carbonyl (C=O) groups excluding carboxylic acids is 1. The fraction of sp³-hybridized carbons (Fsp3) is 0.208. The van der Waals surface area contributed by atoms with Crippen molar-refractivity contribution in [2.75, 3.05) is 5.32 Å². The summed E-state index contributed by atoms with van der Waals surface area (Å²) in [5.74, 6) is -0.644. The number of anilines is 1. The zero-order chi connectivity index (χ0) is 25.8. The fourth-order valence-corrected chi connectivity index (χ4v) is 4.11. The minimum absolute atomic E-state index is 0.0362. The first-order chi connectivity index (χ1) is 16.4. The van der Waals surface area contributed by atoms with Crippen molar-refractivity contribution < 1.29 is 35.0 Å². The van der Waals surface area contributed by atoms with Crippen LogP contribution in [-0.4, -0.2) is 25.4 Å². The van der Waals surface area contributed by atoms with Gasteiger partial charge in [0.2, 0.25) is 0 Å². The number of hydrogen-bond acceptors (Lipinski definition) is 4. The van der Waals surface area contributed by atoms with E-state index in [0.717, 1.165) is 36.4 Å². The highest BCUT2D eigenvalue weighted by Crippen LogP contribution is 2.34. The molecular weight excluding hydrogens is 488 g/mol. The number of amides is 2. The van der Waals surface area contributed by atoms with Gasteiger partial charge in [-0.3, -0.25) is 0 Å². The van der Waals surface area contributed by atoms with Crippen LogP contribution in [0.25, 0.3) is 0 Å². The van der Waals surface area contributed by atoms with Gasteiger partial charge in [-0.2, -0.15) is 21.6 Å². The Morgan fingerprint density at radius 3 is 2.29 bits per heavy atom. The average Bonchev–Trinajstić information content (AvgIpc) is 2.77. The van der Waals surface area contributed by atoms with Gasteiger partial charge >= 0.3 is 22.3 Å². The van der Waals surface area contributed by atoms with Crippen molar-refractivity contribution >= 4 is 21.8 Å². The number of benzene rings is 3. The Hall–Kier alpha value is -3.60. The number of nitrogens with one attached hydrogen (secondary N) is 1. The maximum absolute atomic E-state index is 13.3. The number of urea groups is 1. The van der Waals surface area contributed by atoms with Crippen LogP contribution in [0.1, 0.15) is 25.0 Å². The minimum Gasteiger partial charge on any atom is -0.379 e. The number of para-hydroxylation sites is 1. The van der Waals surface area contributed by atoms with Gasteiger partial charge in [0.05, 0.1) is 11.3 Å². The lowest BCUT2D eigenvalue weighted by atomic mass is 10.1. The predicted octanol–water partition coefficient (Wildman–Crippen LogP) is 6.05. The second-order valence-corrected chi connectivity index (χ2v) is 9.38. The van der Waals surface area contributed by atoms with Crippen molar-refractivity contribution in [1.29, 1.82) is 0 Å². The van der Waals surface area contributed by atoms with Crippen LogP contribution in [0.5, 0.6) is 5.75 Å². The molecule has 1 N–H and O–H groups in total. The van der Waals surface area contributed by atoms with Gasteiger partial charge in [0, 0.05) is 12.6 Å². The molecule has 35 heavy (non-hydrogen) atoms. The Kier molecular flexibility index (Phi) is 7.69. The van der Waals surface area contributed by atoms with E-state index in [2.05, 4.69) is 5.32 Å². The minimum atomic E-state index is -4.64. The molecule has 0 saturated heterocycles. The molecule has 3 aromatic carbocycles. The van der Waals surface area contributed by atoms with Crippen LogP contribution in [0, 0.1) is 5.82 Å². The van der Waals surface area contributed by atoms with Crippen LogP contribution in [0.3, 0.4) is 0 Å². The fourth-order valence-electron chi connectivity index (χ4n) is 3.18. The summed E-state index contributed by atoms with van der Waals surface area (Å²) >= 11 is 0. The highest BCUT2D eigenvalue weighted by Gasteiger charge is 2.34. The molecule has 0 unspecified atom stereocenters. The van der Waals surface area contributed by atoms with Crippen molar-refractivity contribution in [3.63, 3.8) is 0 Å². The molecule has 0 saturated carbocycles. The van der Waals surface area contributed by atoms with E-state index in [1.54, 1.807) is 19.9 Å². The maximum atomic E-state index is 13.3. The maximum Gasteiger partial charge on any atom is 0.418 e. The molecule has 0 aliphatic rings. The van der Waals surface area contributed by atoms with Crippen LogP contribution in [-0.2, 0) is 22.8 Å². The summed E-state index contributed by atoms with van der Waals surface area (Å²) in [6.07, 6.45) is -4.64. The summed E-state index contributed by atoms with van der Waals surface area (Å²) in [6.45, 7) is 3.34. The number of nitrogens with zero attached hydrogens (tertiary/aromatic N) is 1. The summed E-state index contributed by atoms with van der Waals surface area (Å²) in [5.41, 5.74) is -0.874. The van der Waals surface area contributed by atoms with Gasteiger partial charge in [-0.05, 0) is 67.9 Å².